The summed E-state index contributed by atoms with van der Waals surface area (Å²) < 4.78 is 0. The highest BCUT2D eigenvalue weighted by molar-refractivity contribution is 5.38. The lowest BCUT2D eigenvalue weighted by molar-refractivity contribution is 0.666. The Bertz CT molecular complexity index is 567. The van der Waals surface area contributed by atoms with Crippen LogP contribution in [0.1, 0.15) is 44.3 Å². The van der Waals surface area contributed by atoms with E-state index in [2.05, 4.69) is 49.4 Å². The van der Waals surface area contributed by atoms with E-state index in [1.54, 1.807) is 0 Å². The highest BCUT2D eigenvalue weighted by Crippen LogP contribution is 2.19. The molecule has 9 nitrogen and oxygen atoms in total. The molecule has 0 bridgehead atoms. The maximum Gasteiger partial charge on any atom is 0.230 e. The molecule has 120 valence electrons. The van der Waals surface area contributed by atoms with Crippen LogP contribution in [0.5, 0.6) is 0 Å². The second kappa shape index (κ2) is 6.63. The molecule has 1 N–H and O–H groups in total. The minimum absolute atomic E-state index is 0.117. The van der Waals surface area contributed by atoms with Crippen molar-refractivity contribution in [2.24, 2.45) is 0 Å². The van der Waals surface area contributed by atoms with E-state index >= 15 is 0 Å². The Morgan fingerprint density at radius 3 is 2.18 bits per heavy atom. The molecule has 0 spiro atoms. The normalized spacial score (nSPS) is 12.5. The first-order chi connectivity index (χ1) is 10.4. The van der Waals surface area contributed by atoms with Crippen molar-refractivity contribution >= 4 is 11.9 Å². The van der Waals surface area contributed by atoms with Gasteiger partial charge in [-0.25, -0.2) is 0 Å². The number of tetrazole rings is 1. The number of hydrogen-bond donors (Lipinski definition) is 1. The molecule has 2 heterocycles. The summed E-state index contributed by atoms with van der Waals surface area (Å²) in [7, 11) is 5.80. The van der Waals surface area contributed by atoms with Gasteiger partial charge < -0.3 is 9.80 Å². The summed E-state index contributed by atoms with van der Waals surface area (Å²) in [5.41, 5.74) is 0. The molecule has 0 radical (unpaired) electrons. The average molecular weight is 305 g/mol. The number of anilines is 2. The predicted molar refractivity (Wildman–Crippen MR) is 84.1 cm³/mol. The third-order valence-electron chi connectivity index (χ3n) is 3.24. The summed E-state index contributed by atoms with van der Waals surface area (Å²) in [6.45, 7) is 6.87. The minimum atomic E-state index is 0.117. The van der Waals surface area contributed by atoms with Gasteiger partial charge in [0.05, 0.1) is 0 Å². The molecular weight excluding hydrogens is 282 g/mol. The van der Waals surface area contributed by atoms with Crippen molar-refractivity contribution in [2.75, 3.05) is 37.5 Å². The van der Waals surface area contributed by atoms with E-state index in [-0.39, 0.29) is 11.8 Å². The molecule has 0 saturated heterocycles. The van der Waals surface area contributed by atoms with E-state index < -0.39 is 0 Å². The summed E-state index contributed by atoms with van der Waals surface area (Å²) in [5.74, 6) is 3.13. The fraction of sp³-hybridized carbons (Fsp3) is 0.692. The Balaban J connectivity index is 2.22. The highest BCUT2D eigenvalue weighted by atomic mass is 15.5. The van der Waals surface area contributed by atoms with E-state index in [4.69, 9.17) is 0 Å². The van der Waals surface area contributed by atoms with Crippen molar-refractivity contribution in [3.63, 3.8) is 0 Å². The van der Waals surface area contributed by atoms with Gasteiger partial charge in [0.15, 0.2) is 5.82 Å². The predicted octanol–water partition coefficient (Wildman–Crippen LogP) is 0.814. The van der Waals surface area contributed by atoms with Crippen LogP contribution in [0.2, 0.25) is 0 Å². The number of aromatic amines is 1. The summed E-state index contributed by atoms with van der Waals surface area (Å²) in [5, 5.41) is 14.1. The van der Waals surface area contributed by atoms with E-state index in [0.717, 1.165) is 5.82 Å². The van der Waals surface area contributed by atoms with Gasteiger partial charge in [0.2, 0.25) is 11.9 Å². The number of nitrogens with zero attached hydrogens (tertiary/aromatic N) is 8. The number of hydrogen-bond acceptors (Lipinski definition) is 8. The number of H-pyrrole nitrogens is 1. The van der Waals surface area contributed by atoms with Crippen molar-refractivity contribution in [3.8, 4) is 0 Å². The summed E-state index contributed by atoms with van der Waals surface area (Å²) in [6, 6.07) is 0. The second-order valence-electron chi connectivity index (χ2n) is 5.89. The highest BCUT2D eigenvalue weighted by Gasteiger charge is 2.18. The van der Waals surface area contributed by atoms with E-state index in [1.807, 2.05) is 37.9 Å². The van der Waals surface area contributed by atoms with Crippen LogP contribution in [0.15, 0.2) is 0 Å². The van der Waals surface area contributed by atoms with Crippen LogP contribution in [0, 0.1) is 0 Å². The molecular formula is C13H23N9. The van der Waals surface area contributed by atoms with E-state index in [0.29, 0.717) is 24.3 Å². The number of likely N-dealkylation sites (N-methyl/N-ethyl adjacent to an activating group) is 1. The van der Waals surface area contributed by atoms with Gasteiger partial charge in [-0.1, -0.05) is 26.0 Å². The lowest BCUT2D eigenvalue weighted by Crippen LogP contribution is -2.27. The van der Waals surface area contributed by atoms with Gasteiger partial charge in [-0.05, 0) is 0 Å². The SMILES string of the molecule is CC(C)c1nc(N(C)C)nc(N(C)C[C@@H](C)c2nn[nH]n2)n1. The third-order valence-corrected chi connectivity index (χ3v) is 3.24. The molecule has 0 aromatic carbocycles. The molecule has 0 unspecified atom stereocenters. The molecule has 1 atom stereocenters. The molecule has 2 aromatic rings. The van der Waals surface area contributed by atoms with Gasteiger partial charge in [-0.2, -0.15) is 20.2 Å². The topological polar surface area (TPSA) is 99.6 Å². The number of aromatic nitrogens is 7. The Hall–Kier alpha value is -2.32. The quantitative estimate of drug-likeness (QED) is 0.837. The maximum absolute atomic E-state index is 4.56. The van der Waals surface area contributed by atoms with Gasteiger partial charge in [0.25, 0.3) is 0 Å². The zero-order chi connectivity index (χ0) is 16.3. The van der Waals surface area contributed by atoms with E-state index in [1.165, 1.54) is 0 Å². The zero-order valence-electron chi connectivity index (χ0n) is 13.9. The Morgan fingerprint density at radius 1 is 0.955 bits per heavy atom. The summed E-state index contributed by atoms with van der Waals surface area (Å²) in [4.78, 5) is 17.4. The van der Waals surface area contributed by atoms with Gasteiger partial charge >= 0.3 is 0 Å². The first kappa shape index (κ1) is 16.1. The third kappa shape index (κ3) is 3.66. The molecule has 0 aliphatic heterocycles. The van der Waals surface area contributed by atoms with Crippen LogP contribution in [0.25, 0.3) is 0 Å². The van der Waals surface area contributed by atoms with Gasteiger partial charge in [-0.15, -0.1) is 10.2 Å². The molecule has 0 amide bonds. The average Bonchev–Trinajstić information content (AvgIpc) is 3.00. The van der Waals surface area contributed by atoms with Crippen LogP contribution in [0.3, 0.4) is 0 Å². The molecule has 0 aliphatic rings. The first-order valence-electron chi connectivity index (χ1n) is 7.26. The van der Waals surface area contributed by atoms with Crippen molar-refractivity contribution in [1.29, 1.82) is 0 Å². The molecule has 22 heavy (non-hydrogen) atoms. The second-order valence-corrected chi connectivity index (χ2v) is 5.89. The maximum atomic E-state index is 4.56. The van der Waals surface area contributed by atoms with Crippen LogP contribution in [-0.2, 0) is 0 Å². The van der Waals surface area contributed by atoms with E-state index in [9.17, 15) is 0 Å². The first-order valence-corrected chi connectivity index (χ1v) is 7.26. The Morgan fingerprint density at radius 2 is 1.64 bits per heavy atom. The molecule has 0 fully saturated rings. The van der Waals surface area contributed by atoms with Crippen molar-refractivity contribution in [2.45, 2.75) is 32.6 Å². The van der Waals surface area contributed by atoms with Crippen molar-refractivity contribution in [3.05, 3.63) is 11.6 Å². The standard InChI is InChI=1S/C13H23N9/c1-8(2)10-14-12(21(4)5)16-13(15-10)22(6)7-9(3)11-17-19-20-18-11/h8-9H,7H2,1-6H3,(H,17,18,19,20)/t9-/m1/s1. The smallest absolute Gasteiger partial charge is 0.230 e. The molecule has 0 saturated carbocycles. The Labute approximate surface area is 130 Å². The largest absolute Gasteiger partial charge is 0.347 e. The lowest BCUT2D eigenvalue weighted by Gasteiger charge is -2.22. The lowest BCUT2D eigenvalue weighted by atomic mass is 10.1. The minimum Gasteiger partial charge on any atom is -0.347 e. The van der Waals surface area contributed by atoms with Crippen molar-refractivity contribution < 1.29 is 0 Å². The number of nitrogens with one attached hydrogen (secondary N) is 1. The van der Waals surface area contributed by atoms with Gasteiger partial charge in [0, 0.05) is 39.5 Å². The molecule has 9 heteroatoms. The monoisotopic (exact) mass is 305 g/mol. The zero-order valence-corrected chi connectivity index (χ0v) is 13.9. The fourth-order valence-corrected chi connectivity index (χ4v) is 1.95. The van der Waals surface area contributed by atoms with Gasteiger partial charge in [0.1, 0.15) is 5.82 Å². The molecule has 2 aromatic heterocycles. The number of rotatable bonds is 6. The summed E-state index contributed by atoms with van der Waals surface area (Å²) in [6.07, 6.45) is 0. The Kier molecular flexibility index (Phi) is 4.84. The van der Waals surface area contributed by atoms with Crippen molar-refractivity contribution in [1.82, 2.24) is 35.6 Å². The molecule has 0 aliphatic carbocycles. The van der Waals surface area contributed by atoms with Gasteiger partial charge in [-0.3, -0.25) is 0 Å². The molecule has 2 rings (SSSR count). The fourth-order valence-electron chi connectivity index (χ4n) is 1.95. The van der Waals surface area contributed by atoms with Crippen LogP contribution >= 0.6 is 0 Å². The van der Waals surface area contributed by atoms with Crippen LogP contribution < -0.4 is 9.80 Å². The van der Waals surface area contributed by atoms with Crippen LogP contribution in [-0.4, -0.2) is 63.3 Å². The summed E-state index contributed by atoms with van der Waals surface area (Å²) >= 11 is 0. The van der Waals surface area contributed by atoms with Crippen LogP contribution in [0.4, 0.5) is 11.9 Å².